The van der Waals surface area contributed by atoms with Gasteiger partial charge in [0.1, 0.15) is 5.82 Å². The molecule has 0 aliphatic carbocycles. The Hall–Kier alpha value is -0.990. The van der Waals surface area contributed by atoms with Crippen LogP contribution in [0.15, 0.2) is 12.3 Å². The zero-order valence-corrected chi connectivity index (χ0v) is 9.62. The maximum atomic E-state index is 4.30. The van der Waals surface area contributed by atoms with Gasteiger partial charge in [0.15, 0.2) is 0 Å². The standard InChI is InChI=1S/C11H21N3/c1-9(2)6-8-14-11(5-7-12-14)13-10(3)4/h5,7,9-10,13H,6,8H2,1-4H3. The van der Waals surface area contributed by atoms with E-state index < -0.39 is 0 Å². The highest BCUT2D eigenvalue weighted by Gasteiger charge is 2.03. The van der Waals surface area contributed by atoms with Crippen LogP contribution >= 0.6 is 0 Å². The van der Waals surface area contributed by atoms with Gasteiger partial charge in [-0.3, -0.25) is 0 Å². The number of aryl methyl sites for hydroxylation is 1. The summed E-state index contributed by atoms with van der Waals surface area (Å²) >= 11 is 0. The molecule has 0 aliphatic heterocycles. The van der Waals surface area contributed by atoms with Crippen molar-refractivity contribution in [1.82, 2.24) is 9.78 Å². The summed E-state index contributed by atoms with van der Waals surface area (Å²) in [5, 5.41) is 7.67. The molecular formula is C11H21N3. The molecule has 0 saturated carbocycles. The van der Waals surface area contributed by atoms with Gasteiger partial charge in [-0.1, -0.05) is 13.8 Å². The lowest BCUT2D eigenvalue weighted by molar-refractivity contribution is 0.489. The Labute approximate surface area is 86.5 Å². The van der Waals surface area contributed by atoms with E-state index in [1.54, 1.807) is 0 Å². The fraction of sp³-hybridized carbons (Fsp3) is 0.727. The minimum absolute atomic E-state index is 0.462. The largest absolute Gasteiger partial charge is 0.368 e. The van der Waals surface area contributed by atoms with E-state index in [4.69, 9.17) is 0 Å². The zero-order valence-electron chi connectivity index (χ0n) is 9.62. The lowest BCUT2D eigenvalue weighted by Crippen LogP contribution is -2.15. The predicted molar refractivity (Wildman–Crippen MR) is 60.4 cm³/mol. The molecule has 14 heavy (non-hydrogen) atoms. The van der Waals surface area contributed by atoms with Crippen LogP contribution in [0, 0.1) is 5.92 Å². The first-order chi connectivity index (χ1) is 6.59. The Morgan fingerprint density at radius 1 is 1.36 bits per heavy atom. The third kappa shape index (κ3) is 3.40. The topological polar surface area (TPSA) is 29.9 Å². The molecule has 1 aromatic rings. The Balaban J connectivity index is 2.53. The summed E-state index contributed by atoms with van der Waals surface area (Å²) in [5.74, 6) is 1.85. The van der Waals surface area contributed by atoms with Crippen LogP contribution in [0.1, 0.15) is 34.1 Å². The molecule has 80 valence electrons. The van der Waals surface area contributed by atoms with Crippen molar-refractivity contribution in [3.05, 3.63) is 12.3 Å². The molecule has 1 aromatic heterocycles. The summed E-state index contributed by atoms with van der Waals surface area (Å²) in [6, 6.07) is 2.49. The summed E-state index contributed by atoms with van der Waals surface area (Å²) in [6.07, 6.45) is 3.03. The van der Waals surface area contributed by atoms with Crippen molar-refractivity contribution < 1.29 is 0 Å². The van der Waals surface area contributed by atoms with Crippen molar-refractivity contribution in [2.75, 3.05) is 5.32 Å². The van der Waals surface area contributed by atoms with Crippen molar-refractivity contribution in [1.29, 1.82) is 0 Å². The van der Waals surface area contributed by atoms with Gasteiger partial charge in [-0.2, -0.15) is 5.10 Å². The number of anilines is 1. The van der Waals surface area contributed by atoms with E-state index in [2.05, 4.69) is 38.1 Å². The molecule has 3 heteroatoms. The molecule has 0 saturated heterocycles. The number of nitrogens with zero attached hydrogens (tertiary/aromatic N) is 2. The summed E-state index contributed by atoms with van der Waals surface area (Å²) in [5.41, 5.74) is 0. The highest BCUT2D eigenvalue weighted by molar-refractivity contribution is 5.34. The van der Waals surface area contributed by atoms with Crippen molar-refractivity contribution in [2.24, 2.45) is 5.92 Å². The van der Waals surface area contributed by atoms with Crippen LogP contribution in [0.25, 0.3) is 0 Å². The molecule has 1 rings (SSSR count). The van der Waals surface area contributed by atoms with Crippen molar-refractivity contribution >= 4 is 5.82 Å². The number of aromatic nitrogens is 2. The molecule has 0 bridgehead atoms. The average Bonchev–Trinajstić information content (AvgIpc) is 2.47. The number of hydrogen-bond acceptors (Lipinski definition) is 2. The van der Waals surface area contributed by atoms with Gasteiger partial charge in [-0.25, -0.2) is 4.68 Å². The quantitative estimate of drug-likeness (QED) is 0.783. The third-order valence-electron chi connectivity index (χ3n) is 2.07. The van der Waals surface area contributed by atoms with Gasteiger partial charge in [-0.05, 0) is 26.2 Å². The number of rotatable bonds is 5. The van der Waals surface area contributed by atoms with Gasteiger partial charge < -0.3 is 5.32 Å². The Kier molecular flexibility index (Phi) is 3.98. The van der Waals surface area contributed by atoms with Crippen LogP contribution in [-0.4, -0.2) is 15.8 Å². The highest BCUT2D eigenvalue weighted by Crippen LogP contribution is 2.10. The second-order valence-electron chi connectivity index (χ2n) is 4.42. The lowest BCUT2D eigenvalue weighted by Gasteiger charge is -2.13. The fourth-order valence-corrected chi connectivity index (χ4v) is 1.31. The van der Waals surface area contributed by atoms with Gasteiger partial charge in [0.2, 0.25) is 0 Å². The smallest absolute Gasteiger partial charge is 0.124 e. The second-order valence-corrected chi connectivity index (χ2v) is 4.42. The van der Waals surface area contributed by atoms with Gasteiger partial charge in [-0.15, -0.1) is 0 Å². The molecule has 0 fully saturated rings. The van der Waals surface area contributed by atoms with E-state index in [9.17, 15) is 0 Å². The lowest BCUT2D eigenvalue weighted by atomic mass is 10.1. The van der Waals surface area contributed by atoms with Crippen LogP contribution < -0.4 is 5.32 Å². The average molecular weight is 195 g/mol. The summed E-state index contributed by atoms with van der Waals surface area (Å²) in [4.78, 5) is 0. The monoisotopic (exact) mass is 195 g/mol. The number of nitrogens with one attached hydrogen (secondary N) is 1. The van der Waals surface area contributed by atoms with Gasteiger partial charge in [0.25, 0.3) is 0 Å². The molecular weight excluding hydrogens is 174 g/mol. The first kappa shape index (κ1) is 11.1. The van der Waals surface area contributed by atoms with E-state index in [0.29, 0.717) is 6.04 Å². The molecule has 0 aromatic carbocycles. The van der Waals surface area contributed by atoms with Gasteiger partial charge in [0.05, 0.1) is 6.20 Å². The third-order valence-corrected chi connectivity index (χ3v) is 2.07. The molecule has 0 radical (unpaired) electrons. The normalized spacial score (nSPS) is 11.3. The molecule has 0 spiro atoms. The Morgan fingerprint density at radius 2 is 2.07 bits per heavy atom. The Bertz CT molecular complexity index is 263. The van der Waals surface area contributed by atoms with Crippen LogP contribution in [0.3, 0.4) is 0 Å². The van der Waals surface area contributed by atoms with E-state index in [-0.39, 0.29) is 0 Å². The molecule has 0 amide bonds. The summed E-state index contributed by atoms with van der Waals surface area (Å²) in [6.45, 7) is 9.75. The van der Waals surface area contributed by atoms with E-state index >= 15 is 0 Å². The van der Waals surface area contributed by atoms with Crippen LogP contribution in [0.5, 0.6) is 0 Å². The zero-order chi connectivity index (χ0) is 10.6. The van der Waals surface area contributed by atoms with E-state index in [1.165, 1.54) is 6.42 Å². The SMILES string of the molecule is CC(C)CCn1nccc1NC(C)C. The minimum Gasteiger partial charge on any atom is -0.368 e. The van der Waals surface area contributed by atoms with Crippen LogP contribution in [0.2, 0.25) is 0 Å². The molecule has 0 unspecified atom stereocenters. The molecule has 1 N–H and O–H groups in total. The maximum Gasteiger partial charge on any atom is 0.124 e. The van der Waals surface area contributed by atoms with Crippen molar-refractivity contribution in [3.63, 3.8) is 0 Å². The minimum atomic E-state index is 0.462. The van der Waals surface area contributed by atoms with Crippen molar-refractivity contribution in [2.45, 2.75) is 46.7 Å². The first-order valence-electron chi connectivity index (χ1n) is 5.38. The predicted octanol–water partition coefficient (Wildman–Crippen LogP) is 2.75. The fourth-order valence-electron chi connectivity index (χ4n) is 1.31. The van der Waals surface area contributed by atoms with Gasteiger partial charge >= 0.3 is 0 Å². The van der Waals surface area contributed by atoms with Crippen LogP contribution in [-0.2, 0) is 6.54 Å². The van der Waals surface area contributed by atoms with E-state index in [0.717, 1.165) is 18.3 Å². The summed E-state index contributed by atoms with van der Waals surface area (Å²) < 4.78 is 2.04. The van der Waals surface area contributed by atoms with Gasteiger partial charge in [0, 0.05) is 18.7 Å². The van der Waals surface area contributed by atoms with E-state index in [1.807, 2.05) is 16.9 Å². The summed E-state index contributed by atoms with van der Waals surface area (Å²) in [7, 11) is 0. The number of hydrogen-bond donors (Lipinski definition) is 1. The van der Waals surface area contributed by atoms with Crippen LogP contribution in [0.4, 0.5) is 5.82 Å². The first-order valence-corrected chi connectivity index (χ1v) is 5.38. The highest BCUT2D eigenvalue weighted by atomic mass is 15.3. The van der Waals surface area contributed by atoms with Crippen molar-refractivity contribution in [3.8, 4) is 0 Å². The molecule has 0 aliphatic rings. The molecule has 3 nitrogen and oxygen atoms in total. The molecule has 1 heterocycles. The maximum absolute atomic E-state index is 4.30. The second kappa shape index (κ2) is 5.03. The Morgan fingerprint density at radius 3 is 2.64 bits per heavy atom. The molecule has 0 atom stereocenters.